The molecule has 150 valence electrons. The highest BCUT2D eigenvalue weighted by atomic mass is 16.5. The summed E-state index contributed by atoms with van der Waals surface area (Å²) >= 11 is 0. The first-order valence-corrected chi connectivity index (χ1v) is 9.48. The van der Waals surface area contributed by atoms with Gasteiger partial charge < -0.3 is 19.7 Å². The van der Waals surface area contributed by atoms with Gasteiger partial charge in [0.15, 0.2) is 0 Å². The van der Waals surface area contributed by atoms with Crippen LogP contribution < -0.4 is 5.32 Å². The summed E-state index contributed by atoms with van der Waals surface area (Å²) in [6.45, 7) is 3.81. The van der Waals surface area contributed by atoms with Crippen molar-refractivity contribution in [1.29, 1.82) is 0 Å². The average molecular weight is 386 g/mol. The van der Waals surface area contributed by atoms with E-state index in [4.69, 9.17) is 9.47 Å². The predicted octanol–water partition coefficient (Wildman–Crippen LogP) is 2.27. The van der Waals surface area contributed by atoms with Gasteiger partial charge in [-0.05, 0) is 17.9 Å². The van der Waals surface area contributed by atoms with Gasteiger partial charge in [0, 0.05) is 5.92 Å². The summed E-state index contributed by atoms with van der Waals surface area (Å²) in [5, 5.41) is 2.67. The molecule has 1 N–H and O–H groups in total. The maximum Gasteiger partial charge on any atom is 0.408 e. The highest BCUT2D eigenvalue weighted by molar-refractivity contribution is 5.91. The fraction of sp³-hybridized carbons (Fsp3) is 0.476. The summed E-state index contributed by atoms with van der Waals surface area (Å²) < 4.78 is 10.1. The number of likely N-dealkylation sites (tertiary alicyclic amines) is 1. The summed E-state index contributed by atoms with van der Waals surface area (Å²) in [7, 11) is 1.32. The standard InChI is InChI=1S/C21H26N2O5/c1-13(2)17(22-21(26)28-12-14-7-5-4-6-8-14)19(24)23-16-10-9-15(11-16)18(23)20(25)27-3/h4-10,13,15-18H,11-12H2,1-3H3,(H,22,26)/t15-,16+,17-,18-/m0/s1. The second-order valence-corrected chi connectivity index (χ2v) is 7.49. The normalized spacial score (nSPS) is 23.6. The zero-order chi connectivity index (χ0) is 20.3. The van der Waals surface area contributed by atoms with E-state index in [2.05, 4.69) is 5.32 Å². The number of esters is 1. The van der Waals surface area contributed by atoms with Crippen molar-refractivity contribution in [3.8, 4) is 0 Å². The second kappa shape index (κ2) is 8.46. The Morgan fingerprint density at radius 1 is 1.18 bits per heavy atom. The van der Waals surface area contributed by atoms with Crippen LogP contribution >= 0.6 is 0 Å². The molecule has 0 saturated carbocycles. The molecule has 2 bridgehead atoms. The van der Waals surface area contributed by atoms with Crippen molar-refractivity contribution >= 4 is 18.0 Å². The Balaban J connectivity index is 1.67. The van der Waals surface area contributed by atoms with E-state index in [9.17, 15) is 14.4 Å². The van der Waals surface area contributed by atoms with Crippen molar-refractivity contribution in [1.82, 2.24) is 10.2 Å². The van der Waals surface area contributed by atoms with Crippen molar-refractivity contribution in [2.24, 2.45) is 11.8 Å². The van der Waals surface area contributed by atoms with Gasteiger partial charge in [-0.3, -0.25) is 4.79 Å². The number of benzene rings is 1. The molecular weight excluding hydrogens is 360 g/mol. The fourth-order valence-electron chi connectivity index (χ4n) is 3.84. The van der Waals surface area contributed by atoms with Gasteiger partial charge in [0.25, 0.3) is 0 Å². The van der Waals surface area contributed by atoms with Crippen molar-refractivity contribution in [3.63, 3.8) is 0 Å². The number of methoxy groups -OCH3 is 1. The molecule has 1 aromatic carbocycles. The lowest BCUT2D eigenvalue weighted by atomic mass is 9.99. The molecule has 2 amide bonds. The number of amides is 2. The number of ether oxygens (including phenoxy) is 2. The molecule has 2 aliphatic rings. The Morgan fingerprint density at radius 2 is 1.89 bits per heavy atom. The van der Waals surface area contributed by atoms with Gasteiger partial charge in [-0.15, -0.1) is 0 Å². The second-order valence-electron chi connectivity index (χ2n) is 7.49. The monoisotopic (exact) mass is 386 g/mol. The smallest absolute Gasteiger partial charge is 0.408 e. The van der Waals surface area contributed by atoms with Crippen LogP contribution in [0.1, 0.15) is 25.8 Å². The van der Waals surface area contributed by atoms with Gasteiger partial charge in [0.2, 0.25) is 5.91 Å². The summed E-state index contributed by atoms with van der Waals surface area (Å²) in [5.74, 6) is -0.935. The van der Waals surface area contributed by atoms with E-state index in [1.807, 2.05) is 56.3 Å². The average Bonchev–Trinajstić information content (AvgIpc) is 3.31. The van der Waals surface area contributed by atoms with E-state index in [1.54, 1.807) is 4.90 Å². The van der Waals surface area contributed by atoms with Crippen molar-refractivity contribution in [2.75, 3.05) is 7.11 Å². The van der Waals surface area contributed by atoms with Crippen LogP contribution in [-0.4, -0.2) is 48.1 Å². The number of hydrogen-bond donors (Lipinski definition) is 1. The first-order chi connectivity index (χ1) is 13.4. The van der Waals surface area contributed by atoms with Crippen LogP contribution in [-0.2, 0) is 25.7 Å². The largest absolute Gasteiger partial charge is 0.467 e. The van der Waals surface area contributed by atoms with Crippen molar-refractivity contribution in [3.05, 3.63) is 48.0 Å². The van der Waals surface area contributed by atoms with Crippen LogP contribution in [0.25, 0.3) is 0 Å². The molecule has 0 aromatic heterocycles. The zero-order valence-electron chi connectivity index (χ0n) is 16.3. The Kier molecular flexibility index (Phi) is 6.02. The van der Waals surface area contributed by atoms with Gasteiger partial charge in [-0.25, -0.2) is 9.59 Å². The van der Waals surface area contributed by atoms with Crippen LogP contribution in [0.3, 0.4) is 0 Å². The van der Waals surface area contributed by atoms with E-state index in [0.717, 1.165) is 5.56 Å². The molecule has 4 atom stereocenters. The molecule has 7 heteroatoms. The van der Waals surface area contributed by atoms with Crippen LogP contribution in [0, 0.1) is 11.8 Å². The van der Waals surface area contributed by atoms with E-state index in [-0.39, 0.29) is 30.4 Å². The first-order valence-electron chi connectivity index (χ1n) is 9.48. The van der Waals surface area contributed by atoms with E-state index < -0.39 is 24.1 Å². The van der Waals surface area contributed by atoms with Crippen molar-refractivity contribution in [2.45, 2.75) is 45.0 Å². The highest BCUT2D eigenvalue weighted by Crippen LogP contribution is 2.38. The van der Waals surface area contributed by atoms with Gasteiger partial charge in [-0.2, -0.15) is 0 Å². The number of hydrogen-bond acceptors (Lipinski definition) is 5. The molecule has 3 rings (SSSR count). The third kappa shape index (κ3) is 4.03. The Hall–Kier alpha value is -2.83. The van der Waals surface area contributed by atoms with Crippen LogP contribution in [0.5, 0.6) is 0 Å². The number of fused-ring (bicyclic) bond motifs is 2. The molecule has 0 unspecified atom stereocenters. The third-order valence-corrected chi connectivity index (χ3v) is 5.27. The molecule has 0 spiro atoms. The molecular formula is C21H26N2O5. The molecule has 28 heavy (non-hydrogen) atoms. The quantitative estimate of drug-likeness (QED) is 0.599. The topological polar surface area (TPSA) is 84.9 Å². The third-order valence-electron chi connectivity index (χ3n) is 5.27. The molecule has 1 aromatic rings. The summed E-state index contributed by atoms with van der Waals surface area (Å²) in [6.07, 6.45) is 3.94. The predicted molar refractivity (Wildman–Crippen MR) is 102 cm³/mol. The lowest BCUT2D eigenvalue weighted by Crippen LogP contribution is -2.57. The minimum Gasteiger partial charge on any atom is -0.467 e. The van der Waals surface area contributed by atoms with Crippen LogP contribution in [0.2, 0.25) is 0 Å². The molecule has 7 nitrogen and oxygen atoms in total. The van der Waals surface area contributed by atoms with Gasteiger partial charge in [0.05, 0.1) is 13.2 Å². The maximum absolute atomic E-state index is 13.2. The minimum absolute atomic E-state index is 0.0424. The maximum atomic E-state index is 13.2. The number of nitrogens with zero attached hydrogens (tertiary/aromatic N) is 1. The summed E-state index contributed by atoms with van der Waals surface area (Å²) in [5.41, 5.74) is 0.859. The molecule has 1 heterocycles. The van der Waals surface area contributed by atoms with Gasteiger partial charge in [0.1, 0.15) is 18.7 Å². The van der Waals surface area contributed by atoms with Gasteiger partial charge in [-0.1, -0.05) is 56.3 Å². The number of carbonyl (C=O) groups excluding carboxylic acids is 3. The highest BCUT2D eigenvalue weighted by Gasteiger charge is 2.51. The Labute approximate surface area is 164 Å². The number of carbonyl (C=O) groups is 3. The number of alkyl carbamates (subject to hydrolysis) is 1. The molecule has 1 aliphatic carbocycles. The van der Waals surface area contributed by atoms with E-state index >= 15 is 0 Å². The SMILES string of the molecule is COC(=O)[C@@H]1[C@H]2C=C[C@H](C2)N1C(=O)[C@@H](NC(=O)OCc1ccccc1)C(C)C. The van der Waals surface area contributed by atoms with E-state index in [0.29, 0.717) is 6.42 Å². The van der Waals surface area contributed by atoms with E-state index in [1.165, 1.54) is 7.11 Å². The lowest BCUT2D eigenvalue weighted by molar-refractivity contribution is -0.154. The van der Waals surface area contributed by atoms with Crippen molar-refractivity contribution < 1.29 is 23.9 Å². The van der Waals surface area contributed by atoms with Crippen LogP contribution in [0.4, 0.5) is 4.79 Å². The summed E-state index contributed by atoms with van der Waals surface area (Å²) in [4.78, 5) is 39.3. The minimum atomic E-state index is -0.789. The summed E-state index contributed by atoms with van der Waals surface area (Å²) in [6, 6.07) is 7.73. The molecule has 1 saturated heterocycles. The Bertz CT molecular complexity index is 761. The Morgan fingerprint density at radius 3 is 2.54 bits per heavy atom. The fourth-order valence-corrected chi connectivity index (χ4v) is 3.84. The molecule has 1 fully saturated rings. The molecule has 1 aliphatic heterocycles. The first kappa shape index (κ1) is 19.9. The zero-order valence-corrected chi connectivity index (χ0v) is 16.3. The number of rotatable bonds is 6. The van der Waals surface area contributed by atoms with Gasteiger partial charge >= 0.3 is 12.1 Å². The number of nitrogens with one attached hydrogen (secondary N) is 1. The molecule has 0 radical (unpaired) electrons. The van der Waals surface area contributed by atoms with Crippen LogP contribution in [0.15, 0.2) is 42.5 Å². The lowest BCUT2D eigenvalue weighted by Gasteiger charge is -2.34.